The van der Waals surface area contributed by atoms with E-state index in [9.17, 15) is 0 Å². The summed E-state index contributed by atoms with van der Waals surface area (Å²) in [4.78, 5) is 0. The summed E-state index contributed by atoms with van der Waals surface area (Å²) >= 11 is 0. The Kier molecular flexibility index (Phi) is 10.8. The first-order valence-electron chi connectivity index (χ1n) is 11.6. The van der Waals surface area contributed by atoms with E-state index in [1.165, 1.54) is 108 Å². The van der Waals surface area contributed by atoms with Crippen molar-refractivity contribution in [2.24, 2.45) is 5.92 Å². The Hall–Kier alpha value is -0.980. The van der Waals surface area contributed by atoms with Crippen molar-refractivity contribution in [3.63, 3.8) is 0 Å². The summed E-state index contributed by atoms with van der Waals surface area (Å²) in [6.45, 7) is 2.30. The zero-order valence-electron chi connectivity index (χ0n) is 17.4. The zero-order chi connectivity index (χ0) is 18.5. The summed E-state index contributed by atoms with van der Waals surface area (Å²) in [5.74, 6) is 1.78. The lowest BCUT2D eigenvalue weighted by molar-refractivity contribution is 0.302. The van der Waals surface area contributed by atoms with Crippen molar-refractivity contribution in [2.75, 3.05) is 5.73 Å². The molecule has 1 aliphatic carbocycles. The second-order valence-corrected chi connectivity index (χ2v) is 8.71. The van der Waals surface area contributed by atoms with E-state index in [4.69, 9.17) is 5.73 Å². The molecule has 0 radical (unpaired) electrons. The maximum atomic E-state index is 5.81. The Bertz CT molecular complexity index is 442. The van der Waals surface area contributed by atoms with Crippen LogP contribution in [0.3, 0.4) is 0 Å². The van der Waals surface area contributed by atoms with Crippen molar-refractivity contribution in [3.8, 4) is 0 Å². The highest BCUT2D eigenvalue weighted by Crippen LogP contribution is 2.37. The molecule has 1 nitrogen and oxygen atoms in total. The predicted molar refractivity (Wildman–Crippen MR) is 117 cm³/mol. The largest absolute Gasteiger partial charge is 0.399 e. The topological polar surface area (TPSA) is 26.0 Å². The van der Waals surface area contributed by atoms with Crippen LogP contribution >= 0.6 is 0 Å². The number of rotatable bonds is 13. The number of benzene rings is 1. The quantitative estimate of drug-likeness (QED) is 0.279. The maximum Gasteiger partial charge on any atom is 0.0314 e. The SMILES string of the molecule is CCCCCCCCCCCCCC1CCC(c2ccc(N)cc2)CC1. The molecule has 0 aliphatic heterocycles. The minimum atomic E-state index is 0.782. The smallest absolute Gasteiger partial charge is 0.0314 e. The first-order valence-corrected chi connectivity index (χ1v) is 11.6. The molecule has 2 rings (SSSR count). The van der Waals surface area contributed by atoms with Crippen LogP contribution in [-0.2, 0) is 0 Å². The third kappa shape index (κ3) is 8.60. The fourth-order valence-electron chi connectivity index (χ4n) is 4.65. The minimum Gasteiger partial charge on any atom is -0.399 e. The van der Waals surface area contributed by atoms with Gasteiger partial charge in [-0.25, -0.2) is 0 Å². The van der Waals surface area contributed by atoms with E-state index in [2.05, 4.69) is 31.2 Å². The average Bonchev–Trinajstić information content (AvgIpc) is 2.67. The lowest BCUT2D eigenvalue weighted by Gasteiger charge is -2.29. The molecule has 26 heavy (non-hydrogen) atoms. The van der Waals surface area contributed by atoms with Crippen molar-refractivity contribution in [2.45, 2.75) is 116 Å². The second-order valence-electron chi connectivity index (χ2n) is 8.71. The third-order valence-electron chi connectivity index (χ3n) is 6.47. The van der Waals surface area contributed by atoms with Crippen LogP contribution in [0, 0.1) is 5.92 Å². The van der Waals surface area contributed by atoms with Gasteiger partial charge in [-0.2, -0.15) is 0 Å². The molecule has 0 heterocycles. The van der Waals surface area contributed by atoms with Gasteiger partial charge in [0.25, 0.3) is 0 Å². The lowest BCUT2D eigenvalue weighted by atomic mass is 9.77. The van der Waals surface area contributed by atoms with Gasteiger partial charge in [0.15, 0.2) is 0 Å². The van der Waals surface area contributed by atoms with Crippen molar-refractivity contribution < 1.29 is 0 Å². The predicted octanol–water partition coefficient (Wildman–Crippen LogP) is 8.24. The molecule has 1 aromatic carbocycles. The Balaban J connectivity index is 1.42. The molecule has 1 fully saturated rings. The molecule has 1 aromatic rings. The van der Waals surface area contributed by atoms with Gasteiger partial charge >= 0.3 is 0 Å². The Morgan fingerprint density at radius 2 is 1.19 bits per heavy atom. The summed E-state index contributed by atoms with van der Waals surface area (Å²) in [5, 5.41) is 0. The molecule has 1 aliphatic rings. The van der Waals surface area contributed by atoms with Crippen LogP contribution < -0.4 is 5.73 Å². The molecule has 1 saturated carbocycles. The van der Waals surface area contributed by atoms with E-state index >= 15 is 0 Å². The van der Waals surface area contributed by atoms with Crippen LogP contribution in [0.2, 0.25) is 0 Å². The van der Waals surface area contributed by atoms with Crippen LogP contribution in [0.4, 0.5) is 5.69 Å². The number of nitrogen functional groups attached to an aromatic ring is 1. The van der Waals surface area contributed by atoms with E-state index in [0.29, 0.717) is 0 Å². The number of unbranched alkanes of at least 4 members (excludes halogenated alkanes) is 10. The Morgan fingerprint density at radius 3 is 1.73 bits per heavy atom. The molecule has 0 spiro atoms. The molecule has 2 N–H and O–H groups in total. The molecule has 148 valence electrons. The zero-order valence-corrected chi connectivity index (χ0v) is 17.4. The molecule has 0 saturated heterocycles. The highest BCUT2D eigenvalue weighted by atomic mass is 14.5. The van der Waals surface area contributed by atoms with E-state index in [1.54, 1.807) is 0 Å². The fourth-order valence-corrected chi connectivity index (χ4v) is 4.65. The fraction of sp³-hybridized carbons (Fsp3) is 0.760. The molecule has 0 unspecified atom stereocenters. The first kappa shape index (κ1) is 21.3. The average molecular weight is 358 g/mol. The van der Waals surface area contributed by atoms with E-state index in [1.807, 2.05) is 0 Å². The maximum absolute atomic E-state index is 5.81. The van der Waals surface area contributed by atoms with Crippen molar-refractivity contribution in [3.05, 3.63) is 29.8 Å². The molecule has 0 amide bonds. The minimum absolute atomic E-state index is 0.782. The standard InChI is InChI=1S/C25H43N/c1-2-3-4-5-6-7-8-9-10-11-12-13-22-14-16-23(17-15-22)24-18-20-25(26)21-19-24/h18-23H,2-17,26H2,1H3. The molecule has 0 bridgehead atoms. The molecule has 1 heteroatoms. The molecular weight excluding hydrogens is 314 g/mol. The van der Waals surface area contributed by atoms with Gasteiger partial charge in [-0.1, -0.05) is 96.1 Å². The van der Waals surface area contributed by atoms with Crippen molar-refractivity contribution in [1.82, 2.24) is 0 Å². The van der Waals surface area contributed by atoms with Crippen LogP contribution in [0.5, 0.6) is 0 Å². The van der Waals surface area contributed by atoms with Gasteiger partial charge < -0.3 is 5.73 Å². The highest BCUT2D eigenvalue weighted by Gasteiger charge is 2.21. The number of hydrogen-bond donors (Lipinski definition) is 1. The third-order valence-corrected chi connectivity index (χ3v) is 6.47. The van der Waals surface area contributed by atoms with Gasteiger partial charge in [0.1, 0.15) is 0 Å². The second kappa shape index (κ2) is 13.2. The van der Waals surface area contributed by atoms with Crippen molar-refractivity contribution in [1.29, 1.82) is 0 Å². The number of nitrogens with two attached hydrogens (primary N) is 1. The lowest BCUT2D eigenvalue weighted by Crippen LogP contribution is -2.13. The monoisotopic (exact) mass is 357 g/mol. The van der Waals surface area contributed by atoms with Gasteiger partial charge in [-0.15, -0.1) is 0 Å². The van der Waals surface area contributed by atoms with E-state index in [0.717, 1.165) is 17.5 Å². The highest BCUT2D eigenvalue weighted by molar-refractivity contribution is 5.40. The number of hydrogen-bond acceptors (Lipinski definition) is 1. The van der Waals surface area contributed by atoms with Gasteiger partial charge in [0, 0.05) is 5.69 Å². The Morgan fingerprint density at radius 1 is 0.692 bits per heavy atom. The van der Waals surface area contributed by atoms with Gasteiger partial charge in [0.05, 0.1) is 0 Å². The van der Waals surface area contributed by atoms with Crippen LogP contribution in [-0.4, -0.2) is 0 Å². The van der Waals surface area contributed by atoms with Crippen LogP contribution in [0.25, 0.3) is 0 Å². The van der Waals surface area contributed by atoms with E-state index < -0.39 is 0 Å². The summed E-state index contributed by atoms with van der Waals surface area (Å²) in [6.07, 6.45) is 23.1. The number of anilines is 1. The van der Waals surface area contributed by atoms with Gasteiger partial charge in [-0.05, 0) is 55.2 Å². The summed E-state index contributed by atoms with van der Waals surface area (Å²) in [6, 6.07) is 8.60. The molecular formula is C25H43N. The Labute approximate surface area is 163 Å². The molecule has 0 aromatic heterocycles. The van der Waals surface area contributed by atoms with Crippen LogP contribution in [0.15, 0.2) is 24.3 Å². The first-order chi connectivity index (χ1) is 12.8. The summed E-state index contributed by atoms with van der Waals surface area (Å²) in [5.41, 5.74) is 8.20. The normalized spacial score (nSPS) is 20.3. The summed E-state index contributed by atoms with van der Waals surface area (Å²) < 4.78 is 0. The van der Waals surface area contributed by atoms with Gasteiger partial charge in [0.2, 0.25) is 0 Å². The van der Waals surface area contributed by atoms with E-state index in [-0.39, 0.29) is 0 Å². The van der Waals surface area contributed by atoms with Crippen molar-refractivity contribution >= 4 is 5.69 Å². The van der Waals surface area contributed by atoms with Crippen LogP contribution in [0.1, 0.15) is 121 Å². The molecule has 0 atom stereocenters. The van der Waals surface area contributed by atoms with Gasteiger partial charge in [-0.3, -0.25) is 0 Å². The summed E-state index contributed by atoms with van der Waals surface area (Å²) in [7, 11) is 0.